The first-order valence-electron chi connectivity index (χ1n) is 7.75. The van der Waals surface area contributed by atoms with Crippen LogP contribution >= 0.6 is 0 Å². The molecule has 0 atom stereocenters. The summed E-state index contributed by atoms with van der Waals surface area (Å²) in [5, 5.41) is 3.51. The smallest absolute Gasteiger partial charge is 0.171 e. The van der Waals surface area contributed by atoms with Crippen molar-refractivity contribution in [1.29, 1.82) is 0 Å². The normalized spacial score (nSPS) is 24.5. The van der Waals surface area contributed by atoms with Gasteiger partial charge < -0.3 is 19.7 Å². The molecule has 1 N–H and O–H groups in total. The minimum atomic E-state index is -0.274. The van der Waals surface area contributed by atoms with Crippen molar-refractivity contribution in [2.75, 3.05) is 43.1 Å². The van der Waals surface area contributed by atoms with Crippen LogP contribution in [0.4, 0.5) is 11.4 Å². The van der Waals surface area contributed by atoms with Crippen LogP contribution in [-0.2, 0) is 15.9 Å². The number of hydrogen-bond donors (Lipinski definition) is 1. The Morgan fingerprint density at radius 3 is 2.70 bits per heavy atom. The lowest BCUT2D eigenvalue weighted by atomic mass is 9.97. The van der Waals surface area contributed by atoms with Crippen molar-refractivity contribution in [2.24, 2.45) is 0 Å². The lowest BCUT2D eigenvalue weighted by Gasteiger charge is -2.40. The van der Waals surface area contributed by atoms with E-state index >= 15 is 0 Å². The van der Waals surface area contributed by atoms with Crippen molar-refractivity contribution in [3.63, 3.8) is 0 Å². The quantitative estimate of drug-likeness (QED) is 0.852. The predicted molar refractivity (Wildman–Crippen MR) is 79.3 cm³/mol. The van der Waals surface area contributed by atoms with E-state index in [2.05, 4.69) is 28.4 Å². The molecule has 2 fully saturated rings. The largest absolute Gasteiger partial charge is 0.385 e. The van der Waals surface area contributed by atoms with Gasteiger partial charge in [-0.05, 0) is 30.5 Å². The first-order chi connectivity index (χ1) is 9.86. The highest BCUT2D eigenvalue weighted by molar-refractivity contribution is 5.68. The third-order valence-corrected chi connectivity index (χ3v) is 4.75. The molecule has 3 aliphatic heterocycles. The fourth-order valence-electron chi connectivity index (χ4n) is 3.66. The number of hydrogen-bond acceptors (Lipinski definition) is 4. The zero-order chi connectivity index (χ0) is 13.4. The third-order valence-electron chi connectivity index (χ3n) is 4.75. The maximum atomic E-state index is 5.82. The molecule has 2 saturated heterocycles. The molecule has 1 spiro atoms. The third kappa shape index (κ3) is 2.07. The minimum Gasteiger partial charge on any atom is -0.385 e. The van der Waals surface area contributed by atoms with E-state index in [1.54, 1.807) is 0 Å². The van der Waals surface area contributed by atoms with Crippen molar-refractivity contribution in [1.82, 2.24) is 0 Å². The second-order valence-electron chi connectivity index (χ2n) is 5.93. The van der Waals surface area contributed by atoms with Crippen LogP contribution in [-0.4, -0.2) is 38.6 Å². The Morgan fingerprint density at radius 2 is 1.90 bits per heavy atom. The average molecular weight is 274 g/mol. The molecule has 4 nitrogen and oxygen atoms in total. The van der Waals surface area contributed by atoms with Crippen molar-refractivity contribution in [3.8, 4) is 0 Å². The number of anilines is 2. The van der Waals surface area contributed by atoms with E-state index in [9.17, 15) is 0 Å². The van der Waals surface area contributed by atoms with Gasteiger partial charge in [-0.2, -0.15) is 0 Å². The van der Waals surface area contributed by atoms with Gasteiger partial charge in [0.25, 0.3) is 0 Å². The number of rotatable bonds is 1. The molecule has 1 aromatic rings. The Kier molecular flexibility index (Phi) is 3.08. The van der Waals surface area contributed by atoms with Gasteiger partial charge >= 0.3 is 0 Å². The number of fused-ring (bicyclic) bond motifs is 1. The lowest BCUT2D eigenvalue weighted by molar-refractivity contribution is -0.169. The average Bonchev–Trinajstić information content (AvgIpc) is 2.96. The van der Waals surface area contributed by atoms with Crippen molar-refractivity contribution < 1.29 is 9.47 Å². The summed E-state index contributed by atoms with van der Waals surface area (Å²) in [6.07, 6.45) is 4.37. The van der Waals surface area contributed by atoms with Crippen LogP contribution in [0.5, 0.6) is 0 Å². The van der Waals surface area contributed by atoms with Gasteiger partial charge in [0.1, 0.15) is 0 Å². The molecule has 4 heteroatoms. The lowest BCUT2D eigenvalue weighted by Crippen LogP contribution is -2.45. The van der Waals surface area contributed by atoms with Crippen molar-refractivity contribution in [3.05, 3.63) is 23.8 Å². The van der Waals surface area contributed by atoms with Gasteiger partial charge in [-0.15, -0.1) is 0 Å². The molecule has 1 aromatic carbocycles. The van der Waals surface area contributed by atoms with Gasteiger partial charge in [0.05, 0.1) is 13.2 Å². The van der Waals surface area contributed by atoms with Crippen LogP contribution < -0.4 is 10.2 Å². The zero-order valence-electron chi connectivity index (χ0n) is 11.9. The van der Waals surface area contributed by atoms with E-state index < -0.39 is 0 Å². The first kappa shape index (κ1) is 12.5. The van der Waals surface area contributed by atoms with Crippen LogP contribution in [0.3, 0.4) is 0 Å². The molecule has 3 heterocycles. The van der Waals surface area contributed by atoms with Gasteiger partial charge in [-0.1, -0.05) is 6.07 Å². The Labute approximate surface area is 120 Å². The van der Waals surface area contributed by atoms with Gasteiger partial charge in [-0.25, -0.2) is 0 Å². The van der Waals surface area contributed by atoms with E-state index in [0.717, 1.165) is 45.7 Å². The minimum absolute atomic E-state index is 0.274. The molecule has 108 valence electrons. The summed E-state index contributed by atoms with van der Waals surface area (Å²) in [7, 11) is 0. The van der Waals surface area contributed by atoms with E-state index in [-0.39, 0.29) is 5.79 Å². The van der Waals surface area contributed by atoms with Gasteiger partial charge in [-0.3, -0.25) is 0 Å². The Morgan fingerprint density at radius 1 is 1.10 bits per heavy atom. The van der Waals surface area contributed by atoms with E-state index in [4.69, 9.17) is 9.47 Å². The Balaban J connectivity index is 1.54. The fraction of sp³-hybridized carbons (Fsp3) is 0.625. The molecule has 0 aliphatic carbocycles. The van der Waals surface area contributed by atoms with Crippen LogP contribution in [0, 0.1) is 0 Å². The van der Waals surface area contributed by atoms with E-state index in [1.807, 2.05) is 0 Å². The molecular formula is C16H22N2O2. The number of nitrogens with one attached hydrogen (secondary N) is 1. The predicted octanol–water partition coefficient (Wildman–Crippen LogP) is 2.39. The molecule has 0 radical (unpaired) electrons. The zero-order valence-corrected chi connectivity index (χ0v) is 11.9. The summed E-state index contributed by atoms with van der Waals surface area (Å²) >= 11 is 0. The van der Waals surface area contributed by atoms with Gasteiger partial charge in [0.15, 0.2) is 5.79 Å². The highest BCUT2D eigenvalue weighted by atomic mass is 16.7. The highest BCUT2D eigenvalue weighted by Gasteiger charge is 2.40. The molecule has 3 aliphatic rings. The molecule has 0 unspecified atom stereocenters. The summed E-state index contributed by atoms with van der Waals surface area (Å²) in [6, 6.07) is 6.63. The van der Waals surface area contributed by atoms with Crippen molar-refractivity contribution >= 4 is 11.4 Å². The topological polar surface area (TPSA) is 33.7 Å². The number of nitrogens with zero attached hydrogens (tertiary/aromatic N) is 1. The fourth-order valence-corrected chi connectivity index (χ4v) is 3.66. The number of ether oxygens (including phenoxy) is 2. The van der Waals surface area contributed by atoms with Crippen LogP contribution in [0.1, 0.15) is 24.8 Å². The SMILES string of the molecule is c1cc2c(c(N3CCC4(CC3)OCCO4)c1)CCCN2. The molecule has 0 bridgehead atoms. The van der Waals surface area contributed by atoms with E-state index in [0.29, 0.717) is 0 Å². The van der Waals surface area contributed by atoms with Crippen molar-refractivity contribution in [2.45, 2.75) is 31.5 Å². The van der Waals surface area contributed by atoms with Gasteiger partial charge in [0.2, 0.25) is 0 Å². The first-order valence-corrected chi connectivity index (χ1v) is 7.75. The second kappa shape index (κ2) is 4.93. The maximum absolute atomic E-state index is 5.82. The summed E-state index contributed by atoms with van der Waals surface area (Å²) in [4.78, 5) is 2.50. The summed E-state index contributed by atoms with van der Waals surface area (Å²) in [6.45, 7) is 4.66. The maximum Gasteiger partial charge on any atom is 0.171 e. The van der Waals surface area contributed by atoms with Crippen LogP contribution in [0.2, 0.25) is 0 Å². The standard InChI is InChI=1S/C16H22N2O2/c1-4-14-13(3-2-8-17-14)15(5-1)18-9-6-16(7-10-18)19-11-12-20-16/h1,4-5,17H,2-3,6-12H2. The molecule has 4 rings (SSSR count). The van der Waals surface area contributed by atoms with Crippen LogP contribution in [0.15, 0.2) is 18.2 Å². The Hall–Kier alpha value is -1.26. The number of piperidine rings is 1. The monoisotopic (exact) mass is 274 g/mol. The highest BCUT2D eigenvalue weighted by Crippen LogP contribution is 2.37. The van der Waals surface area contributed by atoms with Gasteiger partial charge in [0, 0.05) is 43.9 Å². The summed E-state index contributed by atoms with van der Waals surface area (Å²) < 4.78 is 11.6. The summed E-state index contributed by atoms with van der Waals surface area (Å²) in [5.41, 5.74) is 4.22. The summed E-state index contributed by atoms with van der Waals surface area (Å²) in [5.74, 6) is -0.274. The molecule has 0 amide bonds. The Bertz CT molecular complexity index is 487. The molecular weight excluding hydrogens is 252 g/mol. The van der Waals surface area contributed by atoms with E-state index in [1.165, 1.54) is 29.8 Å². The molecule has 0 saturated carbocycles. The molecule has 0 aromatic heterocycles. The number of benzene rings is 1. The molecule has 20 heavy (non-hydrogen) atoms. The second-order valence-corrected chi connectivity index (χ2v) is 5.93. The van der Waals surface area contributed by atoms with Crippen LogP contribution in [0.25, 0.3) is 0 Å².